The number of aliphatic hydroxyl groups excluding tert-OH is 2. The molecule has 0 radical (unpaired) electrons. The number of aliphatic hydroxyl groups is 2. The van der Waals surface area contributed by atoms with E-state index >= 15 is 0 Å². The van der Waals surface area contributed by atoms with Crippen molar-refractivity contribution < 1.29 is 14.9 Å². The largest absolute Gasteiger partial charge is 0.394 e. The van der Waals surface area contributed by atoms with Crippen LogP contribution in [0, 0.1) is 0 Å². The van der Waals surface area contributed by atoms with Gasteiger partial charge in [0.2, 0.25) is 0 Å². The minimum absolute atomic E-state index is 0.0310. The summed E-state index contributed by atoms with van der Waals surface area (Å²) in [4.78, 5) is 0. The lowest BCUT2D eigenvalue weighted by Gasteiger charge is -2.12. The molecule has 2 N–H and O–H groups in total. The number of methoxy groups -OCH3 is 1. The Bertz CT molecular complexity index is 69.3. The van der Waals surface area contributed by atoms with Gasteiger partial charge in [-0.3, -0.25) is 0 Å². The molecule has 10 heavy (non-hydrogen) atoms. The number of rotatable bonds is 5. The van der Waals surface area contributed by atoms with Crippen molar-refractivity contribution in [3.63, 3.8) is 0 Å². The summed E-state index contributed by atoms with van der Waals surface area (Å²) < 4.78 is 4.89. The highest BCUT2D eigenvalue weighted by Gasteiger charge is 2.06. The van der Waals surface area contributed by atoms with E-state index in [9.17, 15) is 0 Å². The average Bonchev–Trinajstić information content (AvgIpc) is 1.90. The molecule has 0 aromatic carbocycles. The minimum Gasteiger partial charge on any atom is -0.394 e. The van der Waals surface area contributed by atoms with E-state index in [0.29, 0.717) is 12.8 Å². The topological polar surface area (TPSA) is 49.7 Å². The second kappa shape index (κ2) is 5.65. The third kappa shape index (κ3) is 4.73. The highest BCUT2D eigenvalue weighted by Crippen LogP contribution is 2.02. The average molecular weight is 148 g/mol. The first-order chi connectivity index (χ1) is 4.70. The van der Waals surface area contributed by atoms with Crippen LogP contribution >= 0.6 is 0 Å². The van der Waals surface area contributed by atoms with Crippen molar-refractivity contribution in [3.8, 4) is 0 Å². The lowest BCUT2D eigenvalue weighted by molar-refractivity contribution is 0.0328. The maximum absolute atomic E-state index is 8.86. The van der Waals surface area contributed by atoms with Crippen molar-refractivity contribution >= 4 is 0 Å². The first kappa shape index (κ1) is 9.88. The molecule has 2 atom stereocenters. The Kier molecular flexibility index (Phi) is 5.58. The van der Waals surface area contributed by atoms with Crippen molar-refractivity contribution in [2.45, 2.75) is 32.0 Å². The Labute approximate surface area is 61.6 Å². The molecule has 0 aliphatic rings. The van der Waals surface area contributed by atoms with Crippen LogP contribution in [0.25, 0.3) is 0 Å². The van der Waals surface area contributed by atoms with E-state index in [1.165, 1.54) is 0 Å². The van der Waals surface area contributed by atoms with Gasteiger partial charge in [-0.25, -0.2) is 0 Å². The van der Waals surface area contributed by atoms with Crippen molar-refractivity contribution in [3.05, 3.63) is 0 Å². The van der Waals surface area contributed by atoms with E-state index in [0.717, 1.165) is 0 Å². The Morgan fingerprint density at radius 1 is 1.40 bits per heavy atom. The molecule has 62 valence electrons. The monoisotopic (exact) mass is 148 g/mol. The smallest absolute Gasteiger partial charge is 0.0802 e. The van der Waals surface area contributed by atoms with Crippen LogP contribution in [0.1, 0.15) is 19.8 Å². The SMILES string of the molecule is CO[C@@H](CO)CC[C@H](C)O. The highest BCUT2D eigenvalue weighted by atomic mass is 16.5. The Balaban J connectivity index is 3.26. The van der Waals surface area contributed by atoms with Gasteiger partial charge in [0.05, 0.1) is 18.8 Å². The van der Waals surface area contributed by atoms with Gasteiger partial charge >= 0.3 is 0 Å². The Morgan fingerprint density at radius 3 is 2.30 bits per heavy atom. The first-order valence-corrected chi connectivity index (χ1v) is 3.52. The van der Waals surface area contributed by atoms with Gasteiger partial charge < -0.3 is 14.9 Å². The summed E-state index contributed by atoms with van der Waals surface area (Å²) in [7, 11) is 1.56. The third-order valence-corrected chi connectivity index (χ3v) is 1.44. The molecule has 3 nitrogen and oxygen atoms in total. The van der Waals surface area contributed by atoms with Crippen LogP contribution in [-0.4, -0.2) is 36.1 Å². The summed E-state index contributed by atoms with van der Waals surface area (Å²) in [5.41, 5.74) is 0. The summed E-state index contributed by atoms with van der Waals surface area (Å²) in [5, 5.41) is 17.5. The molecule has 0 saturated heterocycles. The van der Waals surface area contributed by atoms with Gasteiger partial charge in [0.1, 0.15) is 0 Å². The zero-order chi connectivity index (χ0) is 7.98. The van der Waals surface area contributed by atoms with Crippen molar-refractivity contribution in [2.75, 3.05) is 13.7 Å². The molecule has 0 aliphatic heterocycles. The summed E-state index contributed by atoms with van der Waals surface area (Å²) in [5.74, 6) is 0. The standard InChI is InChI=1S/C7H16O3/c1-6(9)3-4-7(5-8)10-2/h6-9H,3-5H2,1-2H3/t6-,7+/m0/s1. The van der Waals surface area contributed by atoms with Gasteiger partial charge in [0.15, 0.2) is 0 Å². The lowest BCUT2D eigenvalue weighted by Crippen LogP contribution is -2.17. The molecule has 0 aliphatic carbocycles. The van der Waals surface area contributed by atoms with Crippen LogP contribution in [0.3, 0.4) is 0 Å². The van der Waals surface area contributed by atoms with Crippen LogP contribution in [0.2, 0.25) is 0 Å². The Hall–Kier alpha value is -0.120. The van der Waals surface area contributed by atoms with E-state index < -0.39 is 0 Å². The first-order valence-electron chi connectivity index (χ1n) is 3.52. The van der Waals surface area contributed by atoms with Gasteiger partial charge in [-0.15, -0.1) is 0 Å². The maximum Gasteiger partial charge on any atom is 0.0802 e. The highest BCUT2D eigenvalue weighted by molar-refractivity contribution is 4.57. The molecule has 0 heterocycles. The summed E-state index contributed by atoms with van der Waals surface area (Å²) in [6.07, 6.45) is 0.975. The molecule has 0 aromatic heterocycles. The predicted molar refractivity (Wildman–Crippen MR) is 38.8 cm³/mol. The van der Waals surface area contributed by atoms with Crippen LogP contribution in [0.4, 0.5) is 0 Å². The summed E-state index contributed by atoms with van der Waals surface area (Å²) in [6.45, 7) is 1.76. The van der Waals surface area contributed by atoms with Gasteiger partial charge in [-0.1, -0.05) is 0 Å². The van der Waals surface area contributed by atoms with Gasteiger partial charge in [0.25, 0.3) is 0 Å². The number of hydrogen-bond donors (Lipinski definition) is 2. The summed E-state index contributed by atoms with van der Waals surface area (Å²) >= 11 is 0. The number of ether oxygens (including phenoxy) is 1. The van der Waals surface area contributed by atoms with Gasteiger partial charge in [-0.05, 0) is 19.8 Å². The van der Waals surface area contributed by atoms with Crippen molar-refractivity contribution in [2.24, 2.45) is 0 Å². The fourth-order valence-electron chi connectivity index (χ4n) is 0.711. The molecule has 0 fully saturated rings. The third-order valence-electron chi connectivity index (χ3n) is 1.44. The van der Waals surface area contributed by atoms with Crippen molar-refractivity contribution in [1.82, 2.24) is 0 Å². The quantitative estimate of drug-likeness (QED) is 0.583. The van der Waals surface area contributed by atoms with Crippen molar-refractivity contribution in [1.29, 1.82) is 0 Å². The lowest BCUT2D eigenvalue weighted by atomic mass is 10.1. The van der Waals surface area contributed by atoms with Crippen LogP contribution in [0.5, 0.6) is 0 Å². The maximum atomic E-state index is 8.86. The fraction of sp³-hybridized carbons (Fsp3) is 1.00. The van der Waals surface area contributed by atoms with E-state index in [4.69, 9.17) is 14.9 Å². The zero-order valence-corrected chi connectivity index (χ0v) is 6.58. The van der Waals surface area contributed by atoms with E-state index in [1.54, 1.807) is 14.0 Å². The molecule has 0 rings (SSSR count). The van der Waals surface area contributed by atoms with Crippen LogP contribution in [0.15, 0.2) is 0 Å². The molecular formula is C7H16O3. The molecule has 0 amide bonds. The van der Waals surface area contributed by atoms with E-state index in [1.807, 2.05) is 0 Å². The van der Waals surface area contributed by atoms with E-state index in [2.05, 4.69) is 0 Å². The molecule has 0 aromatic rings. The van der Waals surface area contributed by atoms with Crippen LogP contribution in [-0.2, 0) is 4.74 Å². The zero-order valence-electron chi connectivity index (χ0n) is 6.58. The summed E-state index contributed by atoms with van der Waals surface area (Å²) in [6, 6.07) is 0. The molecule has 0 spiro atoms. The minimum atomic E-state index is -0.302. The van der Waals surface area contributed by atoms with Crippen LogP contribution < -0.4 is 0 Å². The fourth-order valence-corrected chi connectivity index (χ4v) is 0.711. The molecule has 3 heteroatoms. The van der Waals surface area contributed by atoms with Gasteiger partial charge in [0, 0.05) is 7.11 Å². The normalized spacial score (nSPS) is 16.8. The van der Waals surface area contributed by atoms with Gasteiger partial charge in [-0.2, -0.15) is 0 Å². The molecule has 0 unspecified atom stereocenters. The molecular weight excluding hydrogens is 132 g/mol. The molecule has 0 saturated carbocycles. The van der Waals surface area contributed by atoms with E-state index in [-0.39, 0.29) is 18.8 Å². The molecule has 0 bridgehead atoms. The predicted octanol–water partition coefficient (Wildman–Crippen LogP) is 0.155. The second-order valence-corrected chi connectivity index (χ2v) is 2.47. The Morgan fingerprint density at radius 2 is 2.00 bits per heavy atom. The second-order valence-electron chi connectivity index (χ2n) is 2.47. The number of hydrogen-bond acceptors (Lipinski definition) is 3.